The van der Waals surface area contributed by atoms with E-state index in [0.29, 0.717) is 10.9 Å². The minimum atomic E-state index is -4.31. The van der Waals surface area contributed by atoms with E-state index in [1.165, 1.54) is 12.1 Å². The fourth-order valence-corrected chi connectivity index (χ4v) is 2.68. The second-order valence-corrected chi connectivity index (χ2v) is 5.61. The number of hydrogen-bond donors (Lipinski definition) is 0. The fraction of sp³-hybridized carbons (Fsp3) is 0.462. The lowest BCUT2D eigenvalue weighted by Crippen LogP contribution is -2.44. The number of carbonyl (C=O) groups excluding carboxylic acids is 1. The van der Waals surface area contributed by atoms with Gasteiger partial charge in [-0.1, -0.05) is 0 Å². The average molecular weight is 354 g/mol. The summed E-state index contributed by atoms with van der Waals surface area (Å²) in [6.07, 6.45) is -3.99. The summed E-state index contributed by atoms with van der Waals surface area (Å²) >= 11 is 3.12. The van der Waals surface area contributed by atoms with Crippen LogP contribution in [0.15, 0.2) is 22.7 Å². The van der Waals surface area contributed by atoms with Gasteiger partial charge in [0, 0.05) is 17.6 Å². The van der Waals surface area contributed by atoms with Crippen LogP contribution in [0, 0.1) is 11.7 Å². The van der Waals surface area contributed by atoms with Gasteiger partial charge in [0.05, 0.1) is 11.5 Å². The van der Waals surface area contributed by atoms with E-state index >= 15 is 0 Å². The monoisotopic (exact) mass is 353 g/mol. The number of piperidine rings is 1. The van der Waals surface area contributed by atoms with Crippen molar-refractivity contribution in [1.29, 1.82) is 0 Å². The molecule has 0 bridgehead atoms. The molecule has 1 aliphatic rings. The molecule has 2 rings (SSSR count). The van der Waals surface area contributed by atoms with Crippen LogP contribution in [0.25, 0.3) is 0 Å². The van der Waals surface area contributed by atoms with E-state index in [-0.39, 0.29) is 25.1 Å². The topological polar surface area (TPSA) is 20.3 Å². The van der Waals surface area contributed by atoms with Crippen LogP contribution in [0.5, 0.6) is 0 Å². The predicted molar refractivity (Wildman–Crippen MR) is 68.8 cm³/mol. The Balaban J connectivity index is 2.18. The first kappa shape index (κ1) is 15.3. The molecule has 2 nitrogen and oxygen atoms in total. The van der Waals surface area contributed by atoms with E-state index in [4.69, 9.17) is 0 Å². The van der Waals surface area contributed by atoms with Crippen LogP contribution in [0.1, 0.15) is 23.2 Å². The van der Waals surface area contributed by atoms with Gasteiger partial charge in [-0.3, -0.25) is 4.79 Å². The van der Waals surface area contributed by atoms with Gasteiger partial charge in [-0.05, 0) is 47.0 Å². The molecular formula is C13H12BrF4NO. The number of halogens is 5. The SMILES string of the molecule is O=C(c1cc(F)ccc1Br)N1CCCC(C(F)(F)F)C1. The minimum Gasteiger partial charge on any atom is -0.338 e. The van der Waals surface area contributed by atoms with E-state index in [1.807, 2.05) is 0 Å². The van der Waals surface area contributed by atoms with E-state index < -0.39 is 23.8 Å². The van der Waals surface area contributed by atoms with Gasteiger partial charge in [0.15, 0.2) is 0 Å². The molecule has 1 heterocycles. The van der Waals surface area contributed by atoms with Crippen LogP contribution in [0.2, 0.25) is 0 Å². The zero-order valence-electron chi connectivity index (χ0n) is 10.4. The summed E-state index contributed by atoms with van der Waals surface area (Å²) in [5.41, 5.74) is 0.0489. The Hall–Kier alpha value is -1.11. The van der Waals surface area contributed by atoms with Crippen LogP contribution in [-0.4, -0.2) is 30.1 Å². The smallest absolute Gasteiger partial charge is 0.338 e. The maximum absolute atomic E-state index is 13.2. The van der Waals surface area contributed by atoms with Crippen molar-refractivity contribution in [3.05, 3.63) is 34.1 Å². The molecule has 1 aromatic carbocycles. The first-order chi connectivity index (χ1) is 9.29. The molecule has 0 radical (unpaired) electrons. The van der Waals surface area contributed by atoms with Crippen molar-refractivity contribution in [3.8, 4) is 0 Å². The third-order valence-electron chi connectivity index (χ3n) is 3.33. The molecule has 1 atom stereocenters. The van der Waals surface area contributed by atoms with Crippen LogP contribution in [0.4, 0.5) is 17.6 Å². The van der Waals surface area contributed by atoms with Crippen molar-refractivity contribution in [2.24, 2.45) is 5.92 Å². The summed E-state index contributed by atoms with van der Waals surface area (Å²) in [6.45, 7) is -0.111. The number of benzene rings is 1. The van der Waals surface area contributed by atoms with Gasteiger partial charge in [0.1, 0.15) is 5.82 Å². The van der Waals surface area contributed by atoms with Crippen molar-refractivity contribution >= 4 is 21.8 Å². The predicted octanol–water partition coefficient (Wildman–Crippen LogP) is 4.00. The number of rotatable bonds is 1. The Kier molecular flexibility index (Phi) is 4.36. The highest BCUT2D eigenvalue weighted by Gasteiger charge is 2.42. The van der Waals surface area contributed by atoms with Gasteiger partial charge in [0.2, 0.25) is 0 Å². The Labute approximate surface area is 121 Å². The molecule has 1 aromatic rings. The number of nitrogens with zero attached hydrogens (tertiary/aromatic N) is 1. The standard InChI is InChI=1S/C13H12BrF4NO/c14-11-4-3-9(15)6-10(11)12(20)19-5-1-2-8(7-19)13(16,17)18/h3-4,6,8H,1-2,5,7H2. The molecule has 0 saturated carbocycles. The van der Waals surface area contributed by atoms with Gasteiger partial charge in [0.25, 0.3) is 5.91 Å². The van der Waals surface area contributed by atoms with E-state index in [9.17, 15) is 22.4 Å². The van der Waals surface area contributed by atoms with Crippen LogP contribution in [0.3, 0.4) is 0 Å². The van der Waals surface area contributed by atoms with E-state index in [1.54, 1.807) is 0 Å². The first-order valence-electron chi connectivity index (χ1n) is 6.10. The highest BCUT2D eigenvalue weighted by Crippen LogP contribution is 2.34. The van der Waals surface area contributed by atoms with Crippen molar-refractivity contribution in [3.63, 3.8) is 0 Å². The lowest BCUT2D eigenvalue weighted by molar-refractivity contribution is -0.184. The second-order valence-electron chi connectivity index (χ2n) is 4.76. The average Bonchev–Trinajstić information content (AvgIpc) is 2.40. The Morgan fingerprint density at radius 2 is 2.05 bits per heavy atom. The molecule has 1 fully saturated rings. The zero-order chi connectivity index (χ0) is 14.9. The molecule has 7 heteroatoms. The summed E-state index contributed by atoms with van der Waals surface area (Å²) in [7, 11) is 0. The fourth-order valence-electron chi connectivity index (χ4n) is 2.26. The van der Waals surface area contributed by atoms with Gasteiger partial charge in [-0.2, -0.15) is 13.2 Å². The molecular weight excluding hydrogens is 342 g/mol. The van der Waals surface area contributed by atoms with Crippen molar-refractivity contribution in [2.75, 3.05) is 13.1 Å². The van der Waals surface area contributed by atoms with Gasteiger partial charge in [-0.15, -0.1) is 0 Å². The molecule has 1 saturated heterocycles. The van der Waals surface area contributed by atoms with Crippen molar-refractivity contribution in [2.45, 2.75) is 19.0 Å². The molecule has 0 N–H and O–H groups in total. The van der Waals surface area contributed by atoms with Crippen molar-refractivity contribution < 1.29 is 22.4 Å². The molecule has 1 amide bonds. The van der Waals surface area contributed by atoms with Crippen molar-refractivity contribution in [1.82, 2.24) is 4.90 Å². The highest BCUT2D eigenvalue weighted by molar-refractivity contribution is 9.10. The highest BCUT2D eigenvalue weighted by atomic mass is 79.9. The minimum absolute atomic E-state index is 0.0254. The number of likely N-dealkylation sites (tertiary alicyclic amines) is 1. The largest absolute Gasteiger partial charge is 0.393 e. The second kappa shape index (κ2) is 5.71. The van der Waals surface area contributed by atoms with Crippen LogP contribution in [-0.2, 0) is 0 Å². The molecule has 1 unspecified atom stereocenters. The molecule has 0 aliphatic carbocycles. The summed E-state index contributed by atoms with van der Waals surface area (Å²) in [5.74, 6) is -2.68. The van der Waals surface area contributed by atoms with Gasteiger partial charge < -0.3 is 4.90 Å². The summed E-state index contributed by atoms with van der Waals surface area (Å²) in [4.78, 5) is 13.3. The third-order valence-corrected chi connectivity index (χ3v) is 4.02. The Morgan fingerprint density at radius 3 is 2.70 bits per heavy atom. The number of hydrogen-bond acceptors (Lipinski definition) is 1. The molecule has 0 spiro atoms. The lowest BCUT2D eigenvalue weighted by Gasteiger charge is -2.34. The maximum atomic E-state index is 13.2. The van der Waals surface area contributed by atoms with Gasteiger partial charge >= 0.3 is 6.18 Å². The number of carbonyl (C=O) groups is 1. The summed E-state index contributed by atoms with van der Waals surface area (Å²) in [6, 6.07) is 3.58. The number of amides is 1. The Bertz CT molecular complexity index is 518. The molecule has 0 aromatic heterocycles. The zero-order valence-corrected chi connectivity index (χ0v) is 12.0. The summed E-state index contributed by atoms with van der Waals surface area (Å²) < 4.78 is 51.7. The summed E-state index contributed by atoms with van der Waals surface area (Å²) in [5, 5.41) is 0. The molecule has 20 heavy (non-hydrogen) atoms. The molecule has 1 aliphatic heterocycles. The number of alkyl halides is 3. The Morgan fingerprint density at radius 1 is 1.35 bits per heavy atom. The first-order valence-corrected chi connectivity index (χ1v) is 6.89. The quantitative estimate of drug-likeness (QED) is 0.698. The molecule has 110 valence electrons. The lowest BCUT2D eigenvalue weighted by atomic mass is 9.97. The van der Waals surface area contributed by atoms with E-state index in [0.717, 1.165) is 11.0 Å². The normalized spacial score (nSPS) is 20.1. The van der Waals surface area contributed by atoms with Gasteiger partial charge in [-0.25, -0.2) is 4.39 Å². The van der Waals surface area contributed by atoms with Crippen LogP contribution < -0.4 is 0 Å². The maximum Gasteiger partial charge on any atom is 0.393 e. The van der Waals surface area contributed by atoms with E-state index in [2.05, 4.69) is 15.9 Å². The van der Waals surface area contributed by atoms with Crippen LogP contribution >= 0.6 is 15.9 Å². The third kappa shape index (κ3) is 3.31.